The Hall–Kier alpha value is -0.750. The van der Waals surface area contributed by atoms with Crippen LogP contribution in [-0.2, 0) is 0 Å². The second-order valence-corrected chi connectivity index (χ2v) is 3.47. The Labute approximate surface area is 81.7 Å². The smallest absolute Gasteiger partial charge is 0.175 e. The van der Waals surface area contributed by atoms with Crippen LogP contribution in [0.15, 0.2) is 11.0 Å². The first-order valence-electron chi connectivity index (χ1n) is 3.64. The molecule has 0 bridgehead atoms. The van der Waals surface area contributed by atoms with Crippen molar-refractivity contribution in [3.63, 3.8) is 0 Å². The summed E-state index contributed by atoms with van der Waals surface area (Å²) in [7, 11) is 0. The highest BCUT2D eigenvalue weighted by Gasteiger charge is 2.18. The Balaban J connectivity index is 3.11. The van der Waals surface area contributed by atoms with Gasteiger partial charge >= 0.3 is 0 Å². The van der Waals surface area contributed by atoms with Gasteiger partial charge in [-0.15, -0.1) is 11.8 Å². The van der Waals surface area contributed by atoms with Gasteiger partial charge < -0.3 is 5.11 Å². The summed E-state index contributed by atoms with van der Waals surface area (Å²) in [6, 6.07) is 0.147. The average Bonchev–Trinajstić information content (AvgIpc) is 2.15. The van der Waals surface area contributed by atoms with Crippen LogP contribution in [0.1, 0.15) is 0 Å². The van der Waals surface area contributed by atoms with Crippen molar-refractivity contribution in [2.75, 3.05) is 12.4 Å². The van der Waals surface area contributed by atoms with Gasteiger partial charge in [0, 0.05) is 11.8 Å². The van der Waals surface area contributed by atoms with E-state index in [2.05, 4.69) is 0 Å². The van der Waals surface area contributed by atoms with E-state index in [4.69, 9.17) is 5.11 Å². The van der Waals surface area contributed by atoms with Crippen LogP contribution in [0.3, 0.4) is 0 Å². The van der Waals surface area contributed by atoms with Gasteiger partial charge in [0.05, 0.1) is 11.5 Å². The lowest BCUT2D eigenvalue weighted by molar-refractivity contribution is 0.322. The average molecular weight is 226 g/mol. The molecule has 0 fully saturated rings. The number of thioether (sulfide) groups is 1. The predicted molar refractivity (Wildman–Crippen MR) is 44.1 cm³/mol. The molecule has 14 heavy (non-hydrogen) atoms. The lowest BCUT2D eigenvalue weighted by Gasteiger charge is -2.04. The SMILES string of the molecule is OCCSc1c(F)c(F)cc(F)c1F. The number of rotatable bonds is 3. The van der Waals surface area contributed by atoms with E-state index in [1.165, 1.54) is 0 Å². The Kier molecular flexibility index (Phi) is 3.77. The third kappa shape index (κ3) is 2.19. The molecule has 1 N–H and O–H groups in total. The summed E-state index contributed by atoms with van der Waals surface area (Å²) in [6.45, 7) is -0.332. The van der Waals surface area contributed by atoms with Gasteiger partial charge in [-0.05, 0) is 0 Å². The minimum atomic E-state index is -1.44. The summed E-state index contributed by atoms with van der Waals surface area (Å²) >= 11 is 0.522. The highest BCUT2D eigenvalue weighted by atomic mass is 32.2. The summed E-state index contributed by atoms with van der Waals surface area (Å²) < 4.78 is 50.9. The van der Waals surface area contributed by atoms with E-state index >= 15 is 0 Å². The molecule has 1 aromatic carbocycles. The van der Waals surface area contributed by atoms with Crippen molar-refractivity contribution >= 4 is 11.8 Å². The topological polar surface area (TPSA) is 20.2 Å². The fraction of sp³-hybridized carbons (Fsp3) is 0.250. The van der Waals surface area contributed by atoms with E-state index in [0.29, 0.717) is 11.8 Å². The van der Waals surface area contributed by atoms with E-state index in [1.54, 1.807) is 0 Å². The Morgan fingerprint density at radius 2 is 1.57 bits per heavy atom. The monoisotopic (exact) mass is 226 g/mol. The van der Waals surface area contributed by atoms with Gasteiger partial charge in [-0.1, -0.05) is 0 Å². The first-order chi connectivity index (χ1) is 6.57. The van der Waals surface area contributed by atoms with Crippen molar-refractivity contribution in [2.45, 2.75) is 4.90 Å². The molecule has 0 aliphatic rings. The van der Waals surface area contributed by atoms with E-state index in [9.17, 15) is 17.6 Å². The fourth-order valence-electron chi connectivity index (χ4n) is 0.826. The molecule has 6 heteroatoms. The van der Waals surface area contributed by atoms with Gasteiger partial charge in [0.1, 0.15) is 0 Å². The van der Waals surface area contributed by atoms with E-state index in [-0.39, 0.29) is 18.4 Å². The van der Waals surface area contributed by atoms with Crippen molar-refractivity contribution in [3.05, 3.63) is 29.3 Å². The van der Waals surface area contributed by atoms with Gasteiger partial charge in [-0.3, -0.25) is 0 Å². The van der Waals surface area contributed by atoms with Crippen LogP contribution in [0.25, 0.3) is 0 Å². The van der Waals surface area contributed by atoms with Gasteiger partial charge in [-0.25, -0.2) is 17.6 Å². The second kappa shape index (κ2) is 4.65. The largest absolute Gasteiger partial charge is 0.396 e. The minimum Gasteiger partial charge on any atom is -0.396 e. The van der Waals surface area contributed by atoms with Gasteiger partial charge in [0.2, 0.25) is 0 Å². The molecule has 0 saturated carbocycles. The summed E-state index contributed by atoms with van der Waals surface area (Å²) in [4.78, 5) is -0.739. The third-order valence-corrected chi connectivity index (χ3v) is 2.44. The number of aliphatic hydroxyl groups is 1. The standard InChI is InChI=1S/C8H6F4OS/c9-4-3-5(10)7(12)8(6(4)11)14-2-1-13/h3,13H,1-2H2. The Bertz CT molecular complexity index is 316. The highest BCUT2D eigenvalue weighted by molar-refractivity contribution is 7.99. The molecule has 1 rings (SSSR count). The Morgan fingerprint density at radius 1 is 1.07 bits per heavy atom. The van der Waals surface area contributed by atoms with E-state index in [1.807, 2.05) is 0 Å². The molecule has 0 heterocycles. The van der Waals surface area contributed by atoms with Crippen LogP contribution in [-0.4, -0.2) is 17.5 Å². The van der Waals surface area contributed by atoms with Crippen LogP contribution in [0.2, 0.25) is 0 Å². The normalized spacial score (nSPS) is 10.6. The summed E-state index contributed by atoms with van der Waals surface area (Å²) in [5.74, 6) is -5.77. The number of benzene rings is 1. The van der Waals surface area contributed by atoms with Crippen LogP contribution in [0, 0.1) is 23.3 Å². The molecule has 0 aliphatic carbocycles. The summed E-state index contributed by atoms with van der Waals surface area (Å²) in [6.07, 6.45) is 0. The molecule has 0 amide bonds. The zero-order valence-corrected chi connectivity index (χ0v) is 7.68. The molecule has 0 unspecified atom stereocenters. The zero-order chi connectivity index (χ0) is 10.7. The second-order valence-electron chi connectivity index (χ2n) is 2.37. The van der Waals surface area contributed by atoms with E-state index in [0.717, 1.165) is 0 Å². The lowest BCUT2D eigenvalue weighted by atomic mass is 10.3. The molecule has 1 aromatic rings. The minimum absolute atomic E-state index is 0.0310. The quantitative estimate of drug-likeness (QED) is 0.485. The van der Waals surface area contributed by atoms with Crippen LogP contribution in [0.4, 0.5) is 17.6 Å². The van der Waals surface area contributed by atoms with Crippen molar-refractivity contribution in [3.8, 4) is 0 Å². The van der Waals surface area contributed by atoms with E-state index < -0.39 is 28.2 Å². The molecule has 78 valence electrons. The summed E-state index contributed by atoms with van der Waals surface area (Å²) in [5.41, 5.74) is 0. The maximum Gasteiger partial charge on any atom is 0.175 e. The molecule has 0 saturated heterocycles. The van der Waals surface area contributed by atoms with Crippen molar-refractivity contribution in [1.29, 1.82) is 0 Å². The predicted octanol–water partition coefficient (Wildman–Crippen LogP) is 2.33. The van der Waals surface area contributed by atoms with Gasteiger partial charge in [0.25, 0.3) is 0 Å². The molecular weight excluding hydrogens is 220 g/mol. The van der Waals surface area contributed by atoms with Gasteiger partial charge in [0.15, 0.2) is 23.3 Å². The molecule has 0 spiro atoms. The van der Waals surface area contributed by atoms with Crippen molar-refractivity contribution in [2.24, 2.45) is 0 Å². The molecule has 1 nitrogen and oxygen atoms in total. The molecule has 0 aliphatic heterocycles. The lowest BCUT2D eigenvalue weighted by Crippen LogP contribution is -1.98. The molecule has 0 radical (unpaired) electrons. The fourth-order valence-corrected chi connectivity index (χ4v) is 1.57. The highest BCUT2D eigenvalue weighted by Crippen LogP contribution is 2.28. The van der Waals surface area contributed by atoms with Crippen molar-refractivity contribution in [1.82, 2.24) is 0 Å². The van der Waals surface area contributed by atoms with Crippen LogP contribution in [0.5, 0.6) is 0 Å². The number of halogens is 4. The number of hydrogen-bond acceptors (Lipinski definition) is 2. The first-order valence-corrected chi connectivity index (χ1v) is 4.63. The molecule has 0 aromatic heterocycles. The van der Waals surface area contributed by atoms with Crippen LogP contribution >= 0.6 is 11.8 Å². The molecule has 0 atom stereocenters. The summed E-state index contributed by atoms with van der Waals surface area (Å²) in [5, 5.41) is 8.39. The zero-order valence-electron chi connectivity index (χ0n) is 6.86. The first kappa shape index (κ1) is 11.3. The maximum absolute atomic E-state index is 12.9. The van der Waals surface area contributed by atoms with Gasteiger partial charge in [-0.2, -0.15) is 0 Å². The maximum atomic E-state index is 12.9. The third-order valence-electron chi connectivity index (χ3n) is 1.41. The van der Waals surface area contributed by atoms with Crippen molar-refractivity contribution < 1.29 is 22.7 Å². The molecular formula is C8H6F4OS. The number of aliphatic hydroxyl groups excluding tert-OH is 1. The number of hydrogen-bond donors (Lipinski definition) is 1. The Morgan fingerprint density at radius 3 is 2.00 bits per heavy atom. The van der Waals surface area contributed by atoms with Crippen LogP contribution < -0.4 is 0 Å².